The minimum Gasteiger partial charge on any atom is -0.383 e. The number of carbonyl (C=O) groups is 4. The van der Waals surface area contributed by atoms with E-state index in [2.05, 4.69) is 5.32 Å². The average Bonchev–Trinajstić information content (AvgIpc) is 3.08. The summed E-state index contributed by atoms with van der Waals surface area (Å²) >= 11 is 0. The van der Waals surface area contributed by atoms with Crippen LogP contribution in [0.25, 0.3) is 0 Å². The van der Waals surface area contributed by atoms with E-state index in [0.29, 0.717) is 32.4 Å². The Kier molecular flexibility index (Phi) is 18.3. The molecule has 1 saturated heterocycles. The van der Waals surface area contributed by atoms with Crippen molar-refractivity contribution in [3.05, 3.63) is 0 Å². The molecular weight excluding hydrogens is 444 g/mol. The third-order valence-electron chi connectivity index (χ3n) is 6.82. The number of hydrogen-bond donors (Lipinski definition) is 1. The van der Waals surface area contributed by atoms with Crippen LogP contribution in [-0.4, -0.2) is 55.2 Å². The van der Waals surface area contributed by atoms with E-state index in [0.717, 1.165) is 25.7 Å². The van der Waals surface area contributed by atoms with Crippen LogP contribution < -0.4 is 5.32 Å². The van der Waals surface area contributed by atoms with Crippen LogP contribution in [0.3, 0.4) is 0 Å². The minimum absolute atomic E-state index is 0.130. The second-order valence-electron chi connectivity index (χ2n) is 10.1. The molecule has 1 N–H and O–H groups in total. The topological polar surface area (TPSA) is 92.8 Å². The maximum atomic E-state index is 12.0. The lowest BCUT2D eigenvalue weighted by Crippen LogP contribution is -2.32. The first-order valence-electron chi connectivity index (χ1n) is 14.1. The van der Waals surface area contributed by atoms with Gasteiger partial charge < -0.3 is 10.1 Å². The highest BCUT2D eigenvalue weighted by molar-refractivity contribution is 6.03. The minimum atomic E-state index is -0.230. The second kappa shape index (κ2) is 20.4. The Bertz CT molecular complexity index is 622. The van der Waals surface area contributed by atoms with E-state index in [1.807, 2.05) is 0 Å². The Morgan fingerprint density at radius 2 is 1.29 bits per heavy atom. The molecule has 0 aliphatic carbocycles. The van der Waals surface area contributed by atoms with E-state index in [4.69, 9.17) is 4.74 Å². The predicted octanol–water partition coefficient (Wildman–Crippen LogP) is 5.34. The molecule has 0 radical (unpaired) electrons. The molecule has 7 nitrogen and oxygen atoms in total. The van der Waals surface area contributed by atoms with Crippen molar-refractivity contribution in [1.29, 1.82) is 0 Å². The summed E-state index contributed by atoms with van der Waals surface area (Å²) in [6, 6.07) is 0. The van der Waals surface area contributed by atoms with Gasteiger partial charge in [-0.2, -0.15) is 0 Å². The number of rotatable bonds is 23. The van der Waals surface area contributed by atoms with Gasteiger partial charge in [-0.15, -0.1) is 0 Å². The molecule has 1 aliphatic rings. The van der Waals surface area contributed by atoms with Crippen molar-refractivity contribution in [1.82, 2.24) is 10.2 Å². The SMILES string of the molecule is COCCNC(=O)CCCCCCCCCCCCCCCCC(=O)CCN1C(=O)CC(C)C1=O. The number of carbonyl (C=O) groups excluding carboxylic acids is 4. The quantitative estimate of drug-likeness (QED) is 0.153. The van der Waals surface area contributed by atoms with E-state index in [9.17, 15) is 19.2 Å². The van der Waals surface area contributed by atoms with Crippen molar-refractivity contribution < 1.29 is 23.9 Å². The zero-order chi connectivity index (χ0) is 25.7. The van der Waals surface area contributed by atoms with Gasteiger partial charge in [0, 0.05) is 51.8 Å². The molecule has 1 heterocycles. The van der Waals surface area contributed by atoms with Gasteiger partial charge in [0.1, 0.15) is 5.78 Å². The van der Waals surface area contributed by atoms with Gasteiger partial charge in [-0.05, 0) is 12.8 Å². The number of methoxy groups -OCH3 is 1. The molecule has 1 atom stereocenters. The van der Waals surface area contributed by atoms with Crippen LogP contribution in [0.15, 0.2) is 0 Å². The van der Waals surface area contributed by atoms with Gasteiger partial charge in [-0.3, -0.25) is 24.1 Å². The molecule has 7 heteroatoms. The normalized spacial score (nSPS) is 15.7. The maximum Gasteiger partial charge on any atom is 0.232 e. The van der Waals surface area contributed by atoms with Crippen LogP contribution in [0.5, 0.6) is 0 Å². The van der Waals surface area contributed by atoms with Gasteiger partial charge in [0.15, 0.2) is 0 Å². The van der Waals surface area contributed by atoms with Crippen LogP contribution in [0.4, 0.5) is 0 Å². The molecule has 0 aromatic heterocycles. The van der Waals surface area contributed by atoms with Gasteiger partial charge in [0.25, 0.3) is 0 Å². The number of nitrogens with one attached hydrogen (secondary N) is 1. The average molecular weight is 495 g/mol. The summed E-state index contributed by atoms with van der Waals surface area (Å²) in [7, 11) is 1.64. The number of imide groups is 1. The summed E-state index contributed by atoms with van der Waals surface area (Å²) in [5.41, 5.74) is 0. The van der Waals surface area contributed by atoms with E-state index in [1.54, 1.807) is 14.0 Å². The van der Waals surface area contributed by atoms with Gasteiger partial charge in [-0.25, -0.2) is 0 Å². The molecule has 0 bridgehead atoms. The summed E-state index contributed by atoms with van der Waals surface area (Å²) < 4.78 is 4.92. The first-order valence-corrected chi connectivity index (χ1v) is 14.1. The number of likely N-dealkylation sites (tertiary alicyclic amines) is 1. The molecule has 35 heavy (non-hydrogen) atoms. The van der Waals surface area contributed by atoms with Crippen molar-refractivity contribution in [2.24, 2.45) is 5.92 Å². The lowest BCUT2D eigenvalue weighted by molar-refractivity contribution is -0.139. The number of nitrogens with zero attached hydrogens (tertiary/aromatic N) is 1. The number of ether oxygens (including phenoxy) is 1. The summed E-state index contributed by atoms with van der Waals surface area (Å²) in [5, 5.41) is 2.86. The summed E-state index contributed by atoms with van der Waals surface area (Å²) in [5.74, 6) is -0.201. The predicted molar refractivity (Wildman–Crippen MR) is 139 cm³/mol. The van der Waals surface area contributed by atoms with Crippen molar-refractivity contribution in [3.63, 3.8) is 0 Å². The Balaban J connectivity index is 1.79. The molecule has 0 saturated carbocycles. The van der Waals surface area contributed by atoms with Gasteiger partial charge in [0.05, 0.1) is 6.61 Å². The highest BCUT2D eigenvalue weighted by atomic mass is 16.5. The third-order valence-corrected chi connectivity index (χ3v) is 6.82. The Morgan fingerprint density at radius 3 is 1.74 bits per heavy atom. The lowest BCUT2D eigenvalue weighted by Gasteiger charge is -2.13. The summed E-state index contributed by atoms with van der Waals surface area (Å²) in [6.45, 7) is 3.20. The summed E-state index contributed by atoms with van der Waals surface area (Å²) in [4.78, 5) is 48.5. The highest BCUT2D eigenvalue weighted by Crippen LogP contribution is 2.19. The van der Waals surface area contributed by atoms with Gasteiger partial charge >= 0.3 is 0 Å². The molecule has 1 fully saturated rings. The first-order chi connectivity index (χ1) is 17.0. The number of hydrogen-bond acceptors (Lipinski definition) is 5. The molecule has 1 unspecified atom stereocenters. The van der Waals surface area contributed by atoms with Crippen LogP contribution in [0.1, 0.15) is 122 Å². The molecule has 3 amide bonds. The first kappa shape index (κ1) is 31.3. The largest absolute Gasteiger partial charge is 0.383 e. The Morgan fingerprint density at radius 1 is 0.800 bits per heavy atom. The maximum absolute atomic E-state index is 12.0. The van der Waals surface area contributed by atoms with Crippen LogP contribution in [-0.2, 0) is 23.9 Å². The number of unbranched alkanes of at least 4 members (excludes halogenated alkanes) is 13. The standard InChI is InChI=1S/C28H50N2O5/c1-24-23-27(33)30(28(24)34)21-19-25(31)17-15-13-11-9-7-5-3-4-6-8-10-12-14-16-18-26(32)29-20-22-35-2/h24H,3-23H2,1-2H3,(H,29,32). The third kappa shape index (κ3) is 15.8. The van der Waals surface area contributed by atoms with Crippen molar-refractivity contribution in [3.8, 4) is 0 Å². The van der Waals surface area contributed by atoms with Gasteiger partial charge in [0.2, 0.25) is 17.7 Å². The van der Waals surface area contributed by atoms with Crippen LogP contribution >= 0.6 is 0 Å². The number of amides is 3. The molecular formula is C28H50N2O5. The number of ketones is 1. The van der Waals surface area contributed by atoms with E-state index >= 15 is 0 Å². The van der Waals surface area contributed by atoms with E-state index in [-0.39, 0.29) is 42.4 Å². The fourth-order valence-corrected chi connectivity index (χ4v) is 4.55. The monoisotopic (exact) mass is 494 g/mol. The van der Waals surface area contributed by atoms with Crippen LogP contribution in [0, 0.1) is 5.92 Å². The van der Waals surface area contributed by atoms with Crippen LogP contribution in [0.2, 0.25) is 0 Å². The fourth-order valence-electron chi connectivity index (χ4n) is 4.55. The zero-order valence-corrected chi connectivity index (χ0v) is 22.4. The van der Waals surface area contributed by atoms with E-state index in [1.165, 1.54) is 69.1 Å². The lowest BCUT2D eigenvalue weighted by atomic mass is 10.0. The second-order valence-corrected chi connectivity index (χ2v) is 10.1. The van der Waals surface area contributed by atoms with Crippen molar-refractivity contribution in [2.75, 3.05) is 26.8 Å². The molecule has 0 aromatic carbocycles. The molecule has 202 valence electrons. The van der Waals surface area contributed by atoms with Gasteiger partial charge in [-0.1, -0.05) is 84.0 Å². The molecule has 0 aromatic rings. The fraction of sp³-hybridized carbons (Fsp3) is 0.857. The molecule has 1 aliphatic heterocycles. The van der Waals surface area contributed by atoms with E-state index < -0.39 is 0 Å². The smallest absolute Gasteiger partial charge is 0.232 e. The van der Waals surface area contributed by atoms with Crippen molar-refractivity contribution in [2.45, 2.75) is 122 Å². The molecule has 1 rings (SSSR count). The number of Topliss-reactive ketones (excluding diaryl/α,β-unsaturated/α-hetero) is 1. The zero-order valence-electron chi connectivity index (χ0n) is 22.4. The molecule has 0 spiro atoms. The Labute approximate surface area is 213 Å². The van der Waals surface area contributed by atoms with Crippen molar-refractivity contribution >= 4 is 23.5 Å². The highest BCUT2D eigenvalue weighted by Gasteiger charge is 2.35. The Hall–Kier alpha value is -1.76. The summed E-state index contributed by atoms with van der Waals surface area (Å²) in [6.07, 6.45) is 18.6.